The lowest BCUT2D eigenvalue weighted by Gasteiger charge is -2.15. The van der Waals surface area contributed by atoms with E-state index in [1.54, 1.807) is 0 Å². The van der Waals surface area contributed by atoms with Gasteiger partial charge in [-0.15, -0.1) is 0 Å². The first-order valence-corrected chi connectivity index (χ1v) is 16.3. The Morgan fingerprint density at radius 1 is 0.380 bits per heavy atom. The molecule has 0 saturated heterocycles. The van der Waals surface area contributed by atoms with Gasteiger partial charge in [0.25, 0.3) is 0 Å². The Balaban J connectivity index is 1.20. The van der Waals surface area contributed by atoms with Gasteiger partial charge in [-0.3, -0.25) is 0 Å². The third kappa shape index (κ3) is 4.38. The maximum Gasteiger partial charge on any atom is 0.0998 e. The molecular formula is C45H25N5. The molecule has 0 N–H and O–H groups in total. The van der Waals surface area contributed by atoms with Gasteiger partial charge in [-0.25, -0.2) is 0 Å². The molecule has 5 nitrogen and oxygen atoms in total. The van der Waals surface area contributed by atoms with Crippen molar-refractivity contribution in [1.29, 1.82) is 15.8 Å². The molecule has 0 fully saturated rings. The highest BCUT2D eigenvalue weighted by molar-refractivity contribution is 6.11. The quantitative estimate of drug-likeness (QED) is 0.193. The van der Waals surface area contributed by atoms with Gasteiger partial charge in [-0.1, -0.05) is 84.9 Å². The fourth-order valence-corrected chi connectivity index (χ4v) is 7.40. The monoisotopic (exact) mass is 635 g/mol. The highest BCUT2D eigenvalue weighted by Crippen LogP contribution is 2.39. The second-order valence-electron chi connectivity index (χ2n) is 12.3. The van der Waals surface area contributed by atoms with E-state index in [0.717, 1.165) is 66.5 Å². The molecule has 7 aromatic carbocycles. The molecule has 2 aromatic heterocycles. The van der Waals surface area contributed by atoms with Crippen LogP contribution in [0.4, 0.5) is 0 Å². The Morgan fingerprint density at radius 2 is 1.00 bits per heavy atom. The molecule has 0 radical (unpaired) electrons. The van der Waals surface area contributed by atoms with Gasteiger partial charge in [0, 0.05) is 32.8 Å². The van der Waals surface area contributed by atoms with E-state index in [1.807, 2.05) is 84.9 Å². The Morgan fingerprint density at radius 3 is 1.74 bits per heavy atom. The van der Waals surface area contributed by atoms with E-state index in [4.69, 9.17) is 0 Å². The summed E-state index contributed by atoms with van der Waals surface area (Å²) >= 11 is 0. The second kappa shape index (κ2) is 11.4. The van der Waals surface area contributed by atoms with Gasteiger partial charge in [0.15, 0.2) is 0 Å². The Bertz CT molecular complexity index is 2920. The number of para-hydroxylation sites is 3. The second-order valence-corrected chi connectivity index (χ2v) is 12.3. The molecule has 50 heavy (non-hydrogen) atoms. The molecule has 0 amide bonds. The maximum absolute atomic E-state index is 10.5. The first-order valence-electron chi connectivity index (χ1n) is 16.3. The lowest BCUT2D eigenvalue weighted by molar-refractivity contribution is 1.18. The number of hydrogen-bond donors (Lipinski definition) is 0. The van der Waals surface area contributed by atoms with E-state index < -0.39 is 0 Å². The largest absolute Gasteiger partial charge is 0.309 e. The van der Waals surface area contributed by atoms with Crippen LogP contribution in [-0.4, -0.2) is 9.13 Å². The van der Waals surface area contributed by atoms with Crippen molar-refractivity contribution in [3.05, 3.63) is 168 Å². The number of aromatic nitrogens is 2. The van der Waals surface area contributed by atoms with E-state index >= 15 is 0 Å². The van der Waals surface area contributed by atoms with Gasteiger partial charge in [-0.2, -0.15) is 15.8 Å². The molecule has 9 aromatic rings. The first kappa shape index (κ1) is 28.8. The fourth-order valence-electron chi connectivity index (χ4n) is 7.40. The molecule has 5 heteroatoms. The molecule has 0 aliphatic heterocycles. The van der Waals surface area contributed by atoms with E-state index in [9.17, 15) is 15.8 Å². The Labute approximate surface area is 287 Å². The number of fused-ring (bicyclic) bond motifs is 6. The Kier molecular flexibility index (Phi) is 6.56. The van der Waals surface area contributed by atoms with Gasteiger partial charge in [0.05, 0.1) is 62.7 Å². The molecule has 0 atom stereocenters. The average molecular weight is 636 g/mol. The van der Waals surface area contributed by atoms with Crippen molar-refractivity contribution >= 4 is 43.6 Å². The molecule has 0 spiro atoms. The van der Waals surface area contributed by atoms with Crippen molar-refractivity contribution in [1.82, 2.24) is 9.13 Å². The highest BCUT2D eigenvalue weighted by atomic mass is 15.0. The van der Waals surface area contributed by atoms with Crippen LogP contribution in [0.15, 0.2) is 152 Å². The molecular weight excluding hydrogens is 611 g/mol. The summed E-state index contributed by atoms with van der Waals surface area (Å²) in [5.74, 6) is 0. The summed E-state index contributed by atoms with van der Waals surface area (Å²) in [5.41, 5.74) is 11.5. The summed E-state index contributed by atoms with van der Waals surface area (Å²) in [6, 6.07) is 57.8. The van der Waals surface area contributed by atoms with Crippen LogP contribution >= 0.6 is 0 Å². The minimum Gasteiger partial charge on any atom is -0.309 e. The third-order valence-corrected chi connectivity index (χ3v) is 9.62. The van der Waals surface area contributed by atoms with Crippen molar-refractivity contribution in [2.75, 3.05) is 0 Å². The zero-order chi connectivity index (χ0) is 33.8. The molecule has 0 aliphatic rings. The number of nitriles is 3. The number of benzene rings is 7. The summed E-state index contributed by atoms with van der Waals surface area (Å²) in [7, 11) is 0. The standard InChI is InChI=1S/C45H25N5/c46-26-29-17-21-44-40(22-29)39-19-16-30(27-47)23-45(39)50(44)41-13-4-1-10-36(41)32-9-7-8-31(24-32)35-20-18-34(25-33(35)28-48)49-42-14-5-2-11-37(42)38-12-3-6-15-43(38)49/h1-25H. The zero-order valence-electron chi connectivity index (χ0n) is 26.7. The highest BCUT2D eigenvalue weighted by Gasteiger charge is 2.18. The van der Waals surface area contributed by atoms with Gasteiger partial charge in [-0.05, 0) is 83.4 Å². The SMILES string of the molecule is N#Cc1ccc2c(c1)c1ccc(C#N)cc1n2-c1ccccc1-c1cccc(-c2ccc(-n3c4ccccc4c4ccccc43)cc2C#N)c1. The van der Waals surface area contributed by atoms with Crippen LogP contribution < -0.4 is 0 Å². The van der Waals surface area contributed by atoms with Crippen LogP contribution in [0.1, 0.15) is 16.7 Å². The van der Waals surface area contributed by atoms with Crippen LogP contribution in [-0.2, 0) is 0 Å². The molecule has 9 rings (SSSR count). The molecule has 0 saturated carbocycles. The van der Waals surface area contributed by atoms with Crippen molar-refractivity contribution in [2.24, 2.45) is 0 Å². The summed E-state index contributed by atoms with van der Waals surface area (Å²) in [6.07, 6.45) is 0. The molecule has 2 heterocycles. The smallest absolute Gasteiger partial charge is 0.0998 e. The fraction of sp³-hybridized carbons (Fsp3) is 0. The van der Waals surface area contributed by atoms with Crippen molar-refractivity contribution in [3.63, 3.8) is 0 Å². The maximum atomic E-state index is 10.5. The lowest BCUT2D eigenvalue weighted by Crippen LogP contribution is -1.98. The van der Waals surface area contributed by atoms with Crippen LogP contribution in [0, 0.1) is 34.0 Å². The van der Waals surface area contributed by atoms with Crippen LogP contribution in [0.5, 0.6) is 0 Å². The predicted molar refractivity (Wildman–Crippen MR) is 200 cm³/mol. The predicted octanol–water partition coefficient (Wildman–Crippen LogP) is 10.8. The van der Waals surface area contributed by atoms with E-state index in [0.29, 0.717) is 16.7 Å². The van der Waals surface area contributed by atoms with Crippen molar-refractivity contribution in [3.8, 4) is 51.8 Å². The van der Waals surface area contributed by atoms with Crippen LogP contribution in [0.2, 0.25) is 0 Å². The van der Waals surface area contributed by atoms with E-state index in [1.165, 1.54) is 10.8 Å². The number of rotatable bonds is 4. The summed E-state index contributed by atoms with van der Waals surface area (Å²) in [6.45, 7) is 0. The third-order valence-electron chi connectivity index (χ3n) is 9.62. The summed E-state index contributed by atoms with van der Waals surface area (Å²) in [4.78, 5) is 0. The topological polar surface area (TPSA) is 81.2 Å². The summed E-state index contributed by atoms with van der Waals surface area (Å²) < 4.78 is 4.40. The van der Waals surface area contributed by atoms with Crippen LogP contribution in [0.25, 0.3) is 77.2 Å². The summed E-state index contributed by atoms with van der Waals surface area (Å²) in [5, 5.41) is 34.2. The van der Waals surface area contributed by atoms with Gasteiger partial charge < -0.3 is 9.13 Å². The molecule has 0 unspecified atom stereocenters. The first-order chi connectivity index (χ1) is 24.7. The molecule has 0 bridgehead atoms. The van der Waals surface area contributed by atoms with E-state index in [2.05, 4.69) is 94.1 Å². The number of nitrogens with zero attached hydrogens (tertiary/aromatic N) is 5. The van der Waals surface area contributed by atoms with Crippen LogP contribution in [0.3, 0.4) is 0 Å². The van der Waals surface area contributed by atoms with E-state index in [-0.39, 0.29) is 0 Å². The lowest BCUT2D eigenvalue weighted by atomic mass is 9.95. The Hall–Kier alpha value is -7.39. The normalized spacial score (nSPS) is 11.1. The minimum absolute atomic E-state index is 0.565. The van der Waals surface area contributed by atoms with Gasteiger partial charge >= 0.3 is 0 Å². The van der Waals surface area contributed by atoms with Crippen molar-refractivity contribution < 1.29 is 0 Å². The van der Waals surface area contributed by atoms with Gasteiger partial charge in [0.1, 0.15) is 0 Å². The molecule has 230 valence electrons. The van der Waals surface area contributed by atoms with Gasteiger partial charge in [0.2, 0.25) is 0 Å². The zero-order valence-corrected chi connectivity index (χ0v) is 26.7. The number of hydrogen-bond acceptors (Lipinski definition) is 3. The molecule has 0 aliphatic carbocycles. The van der Waals surface area contributed by atoms with Crippen molar-refractivity contribution in [2.45, 2.75) is 0 Å². The minimum atomic E-state index is 0.565. The average Bonchev–Trinajstić information content (AvgIpc) is 3.69.